The van der Waals surface area contributed by atoms with Crippen LogP contribution in [-0.4, -0.2) is 54.2 Å². The van der Waals surface area contributed by atoms with E-state index < -0.39 is 12.1 Å². The van der Waals surface area contributed by atoms with E-state index in [1.54, 1.807) is 11.9 Å². The van der Waals surface area contributed by atoms with Gasteiger partial charge in [0.2, 0.25) is 5.91 Å². The number of ether oxygens (including phenoxy) is 1. The molecule has 0 aromatic heterocycles. The van der Waals surface area contributed by atoms with Gasteiger partial charge in [0.25, 0.3) is 0 Å². The molecule has 2 aromatic carbocycles. The molecule has 186 valence electrons. The number of nitrogens with zero attached hydrogens (tertiary/aromatic N) is 1. The Morgan fingerprint density at radius 2 is 1.66 bits per heavy atom. The van der Waals surface area contributed by atoms with E-state index in [9.17, 15) is 14.4 Å². The molecule has 0 unspecified atom stereocenters. The van der Waals surface area contributed by atoms with E-state index in [2.05, 4.69) is 29.6 Å². The molecular weight excluding hydrogens is 444 g/mol. The van der Waals surface area contributed by atoms with Crippen molar-refractivity contribution in [2.45, 2.75) is 56.9 Å². The van der Waals surface area contributed by atoms with E-state index in [0.717, 1.165) is 19.3 Å². The largest absolute Gasteiger partial charge is 0.481 e. The second kappa shape index (κ2) is 11.4. The number of carbonyl (C=O) groups is 3. The van der Waals surface area contributed by atoms with Crippen molar-refractivity contribution in [1.29, 1.82) is 0 Å². The fraction of sp³-hybridized carbons (Fsp3) is 0.464. The fourth-order valence-electron chi connectivity index (χ4n) is 5.40. The van der Waals surface area contributed by atoms with Gasteiger partial charge in [0.05, 0.1) is 0 Å². The highest BCUT2D eigenvalue weighted by Crippen LogP contribution is 2.44. The van der Waals surface area contributed by atoms with Crippen LogP contribution >= 0.6 is 0 Å². The van der Waals surface area contributed by atoms with E-state index in [4.69, 9.17) is 9.84 Å². The molecule has 7 nitrogen and oxygen atoms in total. The molecule has 2 aliphatic carbocycles. The number of aliphatic carboxylic acids is 1. The van der Waals surface area contributed by atoms with Crippen LogP contribution in [0, 0.1) is 5.92 Å². The summed E-state index contributed by atoms with van der Waals surface area (Å²) in [6.45, 7) is 0.821. The average Bonchev–Trinajstić information content (AvgIpc) is 3.18. The van der Waals surface area contributed by atoms with Crippen LogP contribution in [0.4, 0.5) is 4.79 Å². The molecule has 0 heterocycles. The molecule has 2 amide bonds. The summed E-state index contributed by atoms with van der Waals surface area (Å²) < 4.78 is 5.68. The Labute approximate surface area is 206 Å². The molecule has 1 fully saturated rings. The highest BCUT2D eigenvalue weighted by Gasteiger charge is 2.32. The first-order valence-corrected chi connectivity index (χ1v) is 12.5. The maximum atomic E-state index is 12.9. The Hall–Kier alpha value is -3.35. The molecule has 2 aliphatic rings. The zero-order valence-electron chi connectivity index (χ0n) is 20.2. The van der Waals surface area contributed by atoms with Gasteiger partial charge in [-0.25, -0.2) is 4.79 Å². The van der Waals surface area contributed by atoms with Crippen molar-refractivity contribution < 1.29 is 24.2 Å². The SMILES string of the molecule is CN(CCCCC(=O)O)C(=O)[C@@H]1CCC[C@@H](NC(=O)OCC2c3ccccc3-c3ccccc32)C1. The third kappa shape index (κ3) is 6.02. The smallest absolute Gasteiger partial charge is 0.407 e. The van der Waals surface area contributed by atoms with E-state index in [-0.39, 0.29) is 36.8 Å². The maximum absolute atomic E-state index is 12.9. The number of carboxylic acids is 1. The Balaban J connectivity index is 1.27. The van der Waals surface area contributed by atoms with Gasteiger partial charge in [-0.15, -0.1) is 0 Å². The van der Waals surface area contributed by atoms with Gasteiger partial charge in [0, 0.05) is 37.9 Å². The van der Waals surface area contributed by atoms with E-state index in [1.807, 2.05) is 24.3 Å². The van der Waals surface area contributed by atoms with Crippen molar-refractivity contribution in [3.63, 3.8) is 0 Å². The van der Waals surface area contributed by atoms with Crippen LogP contribution in [0.3, 0.4) is 0 Å². The van der Waals surface area contributed by atoms with Crippen molar-refractivity contribution >= 4 is 18.0 Å². The number of carbonyl (C=O) groups excluding carboxylic acids is 2. The van der Waals surface area contributed by atoms with Crippen LogP contribution in [-0.2, 0) is 14.3 Å². The van der Waals surface area contributed by atoms with Crippen molar-refractivity contribution in [1.82, 2.24) is 10.2 Å². The lowest BCUT2D eigenvalue weighted by molar-refractivity contribution is -0.137. The lowest BCUT2D eigenvalue weighted by Crippen LogP contribution is -2.43. The van der Waals surface area contributed by atoms with Crippen LogP contribution in [0.5, 0.6) is 0 Å². The highest BCUT2D eigenvalue weighted by molar-refractivity contribution is 5.80. The second-order valence-electron chi connectivity index (χ2n) is 9.64. The molecule has 0 aliphatic heterocycles. The molecule has 0 spiro atoms. The number of hydrogen-bond donors (Lipinski definition) is 2. The van der Waals surface area contributed by atoms with Gasteiger partial charge >= 0.3 is 12.1 Å². The number of amides is 2. The number of hydrogen-bond acceptors (Lipinski definition) is 4. The summed E-state index contributed by atoms with van der Waals surface area (Å²) in [6, 6.07) is 16.4. The van der Waals surface area contributed by atoms with Crippen LogP contribution in [0.1, 0.15) is 62.0 Å². The van der Waals surface area contributed by atoms with Gasteiger partial charge in [0.15, 0.2) is 0 Å². The minimum Gasteiger partial charge on any atom is -0.481 e. The molecular formula is C28H34N2O5. The molecule has 35 heavy (non-hydrogen) atoms. The molecule has 1 saturated carbocycles. The molecule has 4 rings (SSSR count). The molecule has 0 saturated heterocycles. The zero-order valence-corrected chi connectivity index (χ0v) is 20.2. The first-order chi connectivity index (χ1) is 16.9. The van der Waals surface area contributed by atoms with Crippen molar-refractivity contribution in [2.75, 3.05) is 20.2 Å². The molecule has 2 aromatic rings. The molecule has 0 bridgehead atoms. The number of carboxylic acid groups (broad SMARTS) is 1. The van der Waals surface area contributed by atoms with E-state index in [0.29, 0.717) is 25.8 Å². The van der Waals surface area contributed by atoms with Crippen molar-refractivity contribution in [3.8, 4) is 11.1 Å². The fourth-order valence-corrected chi connectivity index (χ4v) is 5.40. The van der Waals surface area contributed by atoms with Crippen LogP contribution in [0.2, 0.25) is 0 Å². The van der Waals surface area contributed by atoms with E-state index in [1.165, 1.54) is 22.3 Å². The third-order valence-corrected chi connectivity index (χ3v) is 7.20. The summed E-state index contributed by atoms with van der Waals surface area (Å²) in [7, 11) is 1.77. The number of rotatable bonds is 9. The molecule has 7 heteroatoms. The predicted molar refractivity (Wildman–Crippen MR) is 133 cm³/mol. The summed E-state index contributed by atoms with van der Waals surface area (Å²) in [5, 5.41) is 11.7. The van der Waals surface area contributed by atoms with Gasteiger partial charge in [0.1, 0.15) is 6.61 Å². The van der Waals surface area contributed by atoms with Gasteiger partial charge < -0.3 is 20.1 Å². The van der Waals surface area contributed by atoms with Crippen LogP contribution in [0.15, 0.2) is 48.5 Å². The quantitative estimate of drug-likeness (QED) is 0.505. The van der Waals surface area contributed by atoms with Crippen LogP contribution in [0.25, 0.3) is 11.1 Å². The normalized spacial score (nSPS) is 18.9. The van der Waals surface area contributed by atoms with E-state index >= 15 is 0 Å². The minimum atomic E-state index is -0.812. The summed E-state index contributed by atoms with van der Waals surface area (Å²) in [6.07, 6.45) is 4.02. The molecule has 0 radical (unpaired) electrons. The summed E-state index contributed by atoms with van der Waals surface area (Å²) >= 11 is 0. The summed E-state index contributed by atoms with van der Waals surface area (Å²) in [5.74, 6) is -0.858. The second-order valence-corrected chi connectivity index (χ2v) is 9.64. The van der Waals surface area contributed by atoms with Crippen LogP contribution < -0.4 is 5.32 Å². The Morgan fingerprint density at radius 1 is 1.00 bits per heavy atom. The lowest BCUT2D eigenvalue weighted by Gasteiger charge is -2.31. The summed E-state index contributed by atoms with van der Waals surface area (Å²) in [4.78, 5) is 37.9. The number of fused-ring (bicyclic) bond motifs is 3. The van der Waals surface area contributed by atoms with Crippen molar-refractivity contribution in [3.05, 3.63) is 59.7 Å². The third-order valence-electron chi connectivity index (χ3n) is 7.20. The zero-order chi connectivity index (χ0) is 24.8. The molecule has 2 atom stereocenters. The Kier molecular flexibility index (Phi) is 8.06. The maximum Gasteiger partial charge on any atom is 0.407 e. The number of benzene rings is 2. The predicted octanol–water partition coefficient (Wildman–Crippen LogP) is 4.80. The lowest BCUT2D eigenvalue weighted by atomic mass is 9.85. The first kappa shape index (κ1) is 24.8. The monoisotopic (exact) mass is 478 g/mol. The Bertz CT molecular complexity index is 1020. The average molecular weight is 479 g/mol. The number of alkyl carbamates (subject to hydrolysis) is 1. The summed E-state index contributed by atoms with van der Waals surface area (Å²) in [5.41, 5.74) is 4.74. The minimum absolute atomic E-state index is 0.0172. The van der Waals surface area contributed by atoms with Gasteiger partial charge in [-0.2, -0.15) is 0 Å². The van der Waals surface area contributed by atoms with Gasteiger partial charge in [-0.1, -0.05) is 55.0 Å². The number of unbranched alkanes of at least 4 members (excludes halogenated alkanes) is 1. The topological polar surface area (TPSA) is 95.9 Å². The molecule has 2 N–H and O–H groups in total. The first-order valence-electron chi connectivity index (χ1n) is 12.5. The standard InChI is InChI=1S/C28H34N2O5/c1-30(16-7-6-15-26(31)32)27(33)19-9-8-10-20(17-19)29-28(34)35-18-25-23-13-4-2-11-21(23)22-12-3-5-14-24(22)25/h2-5,11-14,19-20,25H,6-10,15-18H2,1H3,(H,29,34)(H,31,32)/t19-,20-/m1/s1. The van der Waals surface area contributed by atoms with Crippen molar-refractivity contribution in [2.24, 2.45) is 5.92 Å². The van der Waals surface area contributed by atoms with Gasteiger partial charge in [-0.05, 0) is 54.4 Å². The van der Waals surface area contributed by atoms with Gasteiger partial charge in [-0.3, -0.25) is 9.59 Å². The Morgan fingerprint density at radius 3 is 2.31 bits per heavy atom. The highest BCUT2D eigenvalue weighted by atomic mass is 16.5. The number of nitrogens with one attached hydrogen (secondary N) is 1.